The molecule has 2 nitrogen and oxygen atoms in total. The lowest BCUT2D eigenvalue weighted by Gasteiger charge is -2.36. The highest BCUT2D eigenvalue weighted by Crippen LogP contribution is 2.21. The van der Waals surface area contributed by atoms with Gasteiger partial charge in [-0.25, -0.2) is 0 Å². The molecule has 0 aromatic heterocycles. The van der Waals surface area contributed by atoms with E-state index in [0.29, 0.717) is 18.1 Å². The molecule has 1 saturated heterocycles. The van der Waals surface area contributed by atoms with Crippen molar-refractivity contribution in [2.24, 2.45) is 0 Å². The van der Waals surface area contributed by atoms with E-state index < -0.39 is 0 Å². The van der Waals surface area contributed by atoms with Crippen LogP contribution >= 0.6 is 11.6 Å². The van der Waals surface area contributed by atoms with E-state index in [-0.39, 0.29) is 0 Å². The number of hydrogen-bond acceptors (Lipinski definition) is 2. The minimum atomic E-state index is 0.392. The van der Waals surface area contributed by atoms with Crippen LogP contribution < -0.4 is 5.32 Å². The first-order valence-corrected chi connectivity index (χ1v) is 7.16. The summed E-state index contributed by atoms with van der Waals surface area (Å²) >= 11 is 5.92. The van der Waals surface area contributed by atoms with Crippen molar-refractivity contribution >= 4 is 11.6 Å². The monoisotopic (exact) mass is 266 g/mol. The zero-order valence-electron chi connectivity index (χ0n) is 11.5. The van der Waals surface area contributed by atoms with Crippen LogP contribution in [0, 0.1) is 0 Å². The highest BCUT2D eigenvalue weighted by Gasteiger charge is 2.23. The summed E-state index contributed by atoms with van der Waals surface area (Å²) in [6.07, 6.45) is 2.47. The predicted molar refractivity (Wildman–Crippen MR) is 78.1 cm³/mol. The van der Waals surface area contributed by atoms with Gasteiger partial charge in [-0.15, -0.1) is 0 Å². The highest BCUT2D eigenvalue weighted by molar-refractivity contribution is 6.30. The summed E-state index contributed by atoms with van der Waals surface area (Å²) < 4.78 is 0. The summed E-state index contributed by atoms with van der Waals surface area (Å²) in [6.45, 7) is 5.72. The molecule has 18 heavy (non-hydrogen) atoms. The first-order valence-electron chi connectivity index (χ1n) is 6.78. The Hall–Kier alpha value is -0.570. The van der Waals surface area contributed by atoms with E-state index in [1.54, 1.807) is 0 Å². The van der Waals surface area contributed by atoms with Crippen LogP contribution in [0.5, 0.6) is 0 Å². The van der Waals surface area contributed by atoms with E-state index in [1.807, 2.05) is 12.1 Å². The average molecular weight is 267 g/mol. The molecule has 2 rings (SSSR count). The van der Waals surface area contributed by atoms with E-state index in [1.165, 1.54) is 24.9 Å². The van der Waals surface area contributed by atoms with Gasteiger partial charge in [-0.3, -0.25) is 0 Å². The standard InChI is InChI=1S/C15H23ClN2/c1-11-10-15(8-9-18(11)3)17-12(2)13-4-6-14(16)7-5-13/h4-7,11-12,15,17H,8-10H2,1-3H3. The maximum Gasteiger partial charge on any atom is 0.0406 e. The largest absolute Gasteiger partial charge is 0.307 e. The number of hydrogen-bond donors (Lipinski definition) is 1. The predicted octanol–water partition coefficient (Wildman–Crippen LogP) is 3.47. The Morgan fingerprint density at radius 3 is 2.61 bits per heavy atom. The maximum absolute atomic E-state index is 5.92. The molecule has 100 valence electrons. The fraction of sp³-hybridized carbons (Fsp3) is 0.600. The fourth-order valence-electron chi connectivity index (χ4n) is 2.64. The van der Waals surface area contributed by atoms with E-state index in [4.69, 9.17) is 11.6 Å². The summed E-state index contributed by atoms with van der Waals surface area (Å²) in [5.41, 5.74) is 1.31. The quantitative estimate of drug-likeness (QED) is 0.901. The zero-order valence-corrected chi connectivity index (χ0v) is 12.2. The number of likely N-dealkylation sites (tertiary alicyclic amines) is 1. The van der Waals surface area contributed by atoms with Crippen molar-refractivity contribution in [3.63, 3.8) is 0 Å². The van der Waals surface area contributed by atoms with Gasteiger partial charge in [0.1, 0.15) is 0 Å². The average Bonchev–Trinajstić information content (AvgIpc) is 2.34. The van der Waals surface area contributed by atoms with Gasteiger partial charge >= 0.3 is 0 Å². The molecule has 0 bridgehead atoms. The summed E-state index contributed by atoms with van der Waals surface area (Å²) in [5.74, 6) is 0. The number of nitrogens with one attached hydrogen (secondary N) is 1. The SMILES string of the molecule is CC(NC1CCN(C)C(C)C1)c1ccc(Cl)cc1. The smallest absolute Gasteiger partial charge is 0.0406 e. The maximum atomic E-state index is 5.92. The number of piperidine rings is 1. The summed E-state index contributed by atoms with van der Waals surface area (Å²) in [6, 6.07) is 9.84. The third kappa shape index (κ3) is 3.47. The van der Waals surface area contributed by atoms with Crippen molar-refractivity contribution < 1.29 is 0 Å². The van der Waals surface area contributed by atoms with Crippen molar-refractivity contribution in [1.29, 1.82) is 0 Å². The number of halogens is 1. The second-order valence-electron chi connectivity index (χ2n) is 5.49. The second-order valence-corrected chi connectivity index (χ2v) is 5.93. The van der Waals surface area contributed by atoms with Gasteiger partial charge < -0.3 is 10.2 Å². The van der Waals surface area contributed by atoms with Crippen LogP contribution in [-0.4, -0.2) is 30.6 Å². The number of benzene rings is 1. The van der Waals surface area contributed by atoms with Crippen LogP contribution in [0.15, 0.2) is 24.3 Å². The third-order valence-corrected chi connectivity index (χ3v) is 4.32. The summed E-state index contributed by atoms with van der Waals surface area (Å²) in [4.78, 5) is 2.44. The van der Waals surface area contributed by atoms with Gasteiger partial charge in [0.25, 0.3) is 0 Å². The van der Waals surface area contributed by atoms with Crippen LogP contribution in [0.25, 0.3) is 0 Å². The van der Waals surface area contributed by atoms with Gasteiger partial charge in [-0.1, -0.05) is 23.7 Å². The van der Waals surface area contributed by atoms with Gasteiger partial charge in [0.2, 0.25) is 0 Å². The molecule has 0 spiro atoms. The molecule has 3 atom stereocenters. The molecule has 1 aliphatic rings. The van der Waals surface area contributed by atoms with Crippen LogP contribution in [0.2, 0.25) is 5.02 Å². The summed E-state index contributed by atoms with van der Waals surface area (Å²) in [5, 5.41) is 4.54. The van der Waals surface area contributed by atoms with E-state index >= 15 is 0 Å². The van der Waals surface area contributed by atoms with Crippen LogP contribution in [-0.2, 0) is 0 Å². The molecule has 1 fully saturated rings. The lowest BCUT2D eigenvalue weighted by atomic mass is 9.97. The van der Waals surface area contributed by atoms with Crippen LogP contribution in [0.3, 0.4) is 0 Å². The van der Waals surface area contributed by atoms with Gasteiger partial charge in [-0.2, -0.15) is 0 Å². The van der Waals surface area contributed by atoms with Crippen molar-refractivity contribution in [3.05, 3.63) is 34.9 Å². The Labute approximate surface area is 115 Å². The molecule has 0 saturated carbocycles. The highest BCUT2D eigenvalue weighted by atomic mass is 35.5. The second kappa shape index (κ2) is 6.05. The first kappa shape index (κ1) is 13.9. The molecular weight excluding hydrogens is 244 g/mol. The molecule has 1 aliphatic heterocycles. The first-order chi connectivity index (χ1) is 8.56. The lowest BCUT2D eigenvalue weighted by molar-refractivity contribution is 0.163. The van der Waals surface area contributed by atoms with Gasteiger partial charge in [0, 0.05) is 23.1 Å². The van der Waals surface area contributed by atoms with E-state index in [9.17, 15) is 0 Å². The molecule has 1 aromatic rings. The van der Waals surface area contributed by atoms with Crippen molar-refractivity contribution in [1.82, 2.24) is 10.2 Å². The van der Waals surface area contributed by atoms with Gasteiger partial charge in [0.15, 0.2) is 0 Å². The Bertz CT molecular complexity index is 377. The van der Waals surface area contributed by atoms with Gasteiger partial charge in [-0.05, 0) is 58.0 Å². The van der Waals surface area contributed by atoms with E-state index in [0.717, 1.165) is 5.02 Å². The molecule has 3 unspecified atom stereocenters. The van der Waals surface area contributed by atoms with Crippen molar-refractivity contribution in [2.45, 2.75) is 44.8 Å². The Morgan fingerprint density at radius 1 is 1.33 bits per heavy atom. The molecule has 0 aliphatic carbocycles. The molecule has 3 heteroatoms. The molecule has 1 aromatic carbocycles. The minimum Gasteiger partial charge on any atom is -0.307 e. The van der Waals surface area contributed by atoms with Crippen molar-refractivity contribution in [3.8, 4) is 0 Å². The zero-order chi connectivity index (χ0) is 13.1. The van der Waals surface area contributed by atoms with Crippen LogP contribution in [0.1, 0.15) is 38.3 Å². The van der Waals surface area contributed by atoms with E-state index in [2.05, 4.69) is 43.2 Å². The topological polar surface area (TPSA) is 15.3 Å². The lowest BCUT2D eigenvalue weighted by Crippen LogP contribution is -2.46. The normalized spacial score (nSPS) is 27.1. The minimum absolute atomic E-state index is 0.392. The van der Waals surface area contributed by atoms with Gasteiger partial charge in [0.05, 0.1) is 0 Å². The molecule has 0 radical (unpaired) electrons. The fourth-order valence-corrected chi connectivity index (χ4v) is 2.77. The Kier molecular flexibility index (Phi) is 4.66. The molecule has 1 heterocycles. The Morgan fingerprint density at radius 2 is 2.00 bits per heavy atom. The third-order valence-electron chi connectivity index (χ3n) is 4.06. The molecular formula is C15H23ClN2. The number of rotatable bonds is 3. The summed E-state index contributed by atoms with van der Waals surface area (Å²) in [7, 11) is 2.21. The van der Waals surface area contributed by atoms with Crippen LogP contribution in [0.4, 0.5) is 0 Å². The Balaban J connectivity index is 1.91. The molecule has 0 amide bonds. The van der Waals surface area contributed by atoms with Crippen molar-refractivity contribution in [2.75, 3.05) is 13.6 Å². The number of nitrogens with zero attached hydrogens (tertiary/aromatic N) is 1. The molecule has 1 N–H and O–H groups in total.